The molecule has 1 atom stereocenters. The van der Waals surface area contributed by atoms with E-state index in [0.29, 0.717) is 17.5 Å². The third-order valence-electron chi connectivity index (χ3n) is 6.30. The molecule has 0 spiro atoms. The number of carbonyl (C=O) groups excluding carboxylic acids is 1. The van der Waals surface area contributed by atoms with Gasteiger partial charge < -0.3 is 4.90 Å². The molecule has 5 rings (SSSR count). The molecule has 0 bridgehead atoms. The van der Waals surface area contributed by atoms with E-state index in [1.807, 2.05) is 4.90 Å². The Bertz CT molecular complexity index is 1120. The number of carbonyl (C=O) groups is 1. The molecule has 0 saturated carbocycles. The number of hydrogen-bond acceptors (Lipinski definition) is 5. The van der Waals surface area contributed by atoms with Gasteiger partial charge in [0.15, 0.2) is 5.65 Å². The second-order valence-corrected chi connectivity index (χ2v) is 9.56. The van der Waals surface area contributed by atoms with E-state index in [0.717, 1.165) is 55.4 Å². The Morgan fingerprint density at radius 1 is 1.21 bits per heavy atom. The number of aryl methyl sites for hydroxylation is 1. The van der Waals surface area contributed by atoms with Gasteiger partial charge in [0.2, 0.25) is 5.91 Å². The van der Waals surface area contributed by atoms with Crippen LogP contribution in [0.5, 0.6) is 0 Å². The third kappa shape index (κ3) is 2.85. The van der Waals surface area contributed by atoms with Crippen molar-refractivity contribution < 1.29 is 4.79 Å². The number of fused-ring (bicyclic) bond motifs is 5. The second kappa shape index (κ2) is 6.69. The summed E-state index contributed by atoms with van der Waals surface area (Å²) in [4.78, 5) is 34.2. The molecule has 1 fully saturated rings. The van der Waals surface area contributed by atoms with Gasteiger partial charge in [-0.1, -0.05) is 13.8 Å². The van der Waals surface area contributed by atoms with Crippen molar-refractivity contribution in [3.63, 3.8) is 0 Å². The van der Waals surface area contributed by atoms with Gasteiger partial charge in [-0.15, -0.1) is 16.4 Å². The van der Waals surface area contributed by atoms with Crippen molar-refractivity contribution in [2.75, 3.05) is 13.1 Å². The third-order valence-corrected chi connectivity index (χ3v) is 7.46. The minimum absolute atomic E-state index is 0.000249. The number of amides is 1. The highest BCUT2D eigenvalue weighted by molar-refractivity contribution is 7.19. The highest BCUT2D eigenvalue weighted by Crippen LogP contribution is 2.38. The zero-order valence-electron chi connectivity index (χ0n) is 16.3. The molecule has 0 aromatic carbocycles. The van der Waals surface area contributed by atoms with Crippen LogP contribution in [0, 0.1) is 11.8 Å². The van der Waals surface area contributed by atoms with Gasteiger partial charge in [-0.2, -0.15) is 0 Å². The smallest absolute Gasteiger partial charge is 0.341 e. The topological polar surface area (TPSA) is 72.5 Å². The molecular weight excluding hydrogens is 374 g/mol. The van der Waals surface area contributed by atoms with E-state index >= 15 is 0 Å². The number of hydrogen-bond donors (Lipinski definition) is 0. The molecule has 1 amide bonds. The minimum Gasteiger partial charge on any atom is -0.341 e. The first-order valence-corrected chi connectivity index (χ1v) is 11.0. The van der Waals surface area contributed by atoms with Crippen molar-refractivity contribution >= 4 is 33.1 Å². The van der Waals surface area contributed by atoms with E-state index < -0.39 is 0 Å². The lowest BCUT2D eigenvalue weighted by molar-refractivity contribution is -0.133. The maximum Gasteiger partial charge on any atom is 0.352 e. The molecule has 8 heteroatoms. The lowest BCUT2D eigenvalue weighted by Crippen LogP contribution is -2.41. The van der Waals surface area contributed by atoms with Gasteiger partial charge in [0.1, 0.15) is 17.7 Å². The van der Waals surface area contributed by atoms with Crippen LogP contribution in [0.3, 0.4) is 0 Å². The first-order chi connectivity index (χ1) is 13.5. The highest BCUT2D eigenvalue weighted by atomic mass is 32.1. The number of likely N-dealkylation sites (tertiary alicyclic amines) is 1. The summed E-state index contributed by atoms with van der Waals surface area (Å²) in [6.07, 6.45) is 6.83. The molecule has 1 aliphatic carbocycles. The number of piperidine rings is 1. The lowest BCUT2D eigenvalue weighted by atomic mass is 9.89. The molecule has 7 nitrogen and oxygen atoms in total. The summed E-state index contributed by atoms with van der Waals surface area (Å²) in [6, 6.07) is 0. The predicted molar refractivity (Wildman–Crippen MR) is 109 cm³/mol. The van der Waals surface area contributed by atoms with Gasteiger partial charge in [-0.05, 0) is 49.5 Å². The fourth-order valence-electron chi connectivity index (χ4n) is 4.45. The van der Waals surface area contributed by atoms with Crippen LogP contribution in [0.1, 0.15) is 43.6 Å². The maximum atomic E-state index is 12.8. The van der Waals surface area contributed by atoms with Gasteiger partial charge in [0, 0.05) is 18.0 Å². The molecule has 2 aliphatic rings. The van der Waals surface area contributed by atoms with Gasteiger partial charge in [-0.3, -0.25) is 4.79 Å². The summed E-state index contributed by atoms with van der Waals surface area (Å²) in [7, 11) is 0. The van der Waals surface area contributed by atoms with E-state index in [1.54, 1.807) is 17.7 Å². The van der Waals surface area contributed by atoms with Crippen LogP contribution < -0.4 is 5.69 Å². The molecule has 3 aromatic heterocycles. The van der Waals surface area contributed by atoms with E-state index in [2.05, 4.69) is 23.9 Å². The van der Waals surface area contributed by atoms with Crippen LogP contribution in [-0.4, -0.2) is 43.1 Å². The lowest BCUT2D eigenvalue weighted by Gasteiger charge is -2.30. The van der Waals surface area contributed by atoms with Crippen LogP contribution in [0.25, 0.3) is 15.9 Å². The number of rotatable bonds is 2. The molecule has 0 radical (unpaired) electrons. The Balaban J connectivity index is 1.52. The maximum absolute atomic E-state index is 12.8. The Kier molecular flexibility index (Phi) is 4.26. The molecular formula is C20H25N5O2S. The van der Waals surface area contributed by atoms with Gasteiger partial charge in [0.05, 0.1) is 5.39 Å². The molecule has 1 saturated heterocycles. The van der Waals surface area contributed by atoms with E-state index in [9.17, 15) is 9.59 Å². The Labute approximate surface area is 167 Å². The molecule has 0 unspecified atom stereocenters. The molecule has 1 aliphatic heterocycles. The Morgan fingerprint density at radius 3 is 2.79 bits per heavy atom. The van der Waals surface area contributed by atoms with Gasteiger partial charge in [0.25, 0.3) is 0 Å². The van der Waals surface area contributed by atoms with E-state index in [4.69, 9.17) is 0 Å². The summed E-state index contributed by atoms with van der Waals surface area (Å²) < 4.78 is 2.81. The molecule has 148 valence electrons. The summed E-state index contributed by atoms with van der Waals surface area (Å²) in [6.45, 7) is 6.03. The van der Waals surface area contributed by atoms with E-state index in [-0.39, 0.29) is 18.1 Å². The van der Waals surface area contributed by atoms with Crippen LogP contribution in [0.2, 0.25) is 0 Å². The average molecular weight is 400 g/mol. The molecule has 4 heterocycles. The van der Waals surface area contributed by atoms with Crippen molar-refractivity contribution in [1.82, 2.24) is 24.1 Å². The zero-order valence-corrected chi connectivity index (χ0v) is 17.2. The zero-order chi connectivity index (χ0) is 19.4. The van der Waals surface area contributed by atoms with Crippen molar-refractivity contribution in [2.24, 2.45) is 11.8 Å². The van der Waals surface area contributed by atoms with Gasteiger partial charge in [-0.25, -0.2) is 18.9 Å². The summed E-state index contributed by atoms with van der Waals surface area (Å²) in [5.41, 5.74) is 1.65. The SMILES string of the molecule is CC1CCN(C(=O)Cn2nc3c4c5c(sc4ncn3c2=O)C[C@H](C)CC5)CC1. The van der Waals surface area contributed by atoms with Crippen molar-refractivity contribution in [3.05, 3.63) is 27.3 Å². The Morgan fingerprint density at radius 2 is 2.00 bits per heavy atom. The second-order valence-electron chi connectivity index (χ2n) is 8.47. The summed E-state index contributed by atoms with van der Waals surface area (Å²) in [5.74, 6) is 1.32. The van der Waals surface area contributed by atoms with Crippen LogP contribution in [0.4, 0.5) is 0 Å². The van der Waals surface area contributed by atoms with Crippen molar-refractivity contribution in [2.45, 2.75) is 52.5 Å². The number of nitrogens with zero attached hydrogens (tertiary/aromatic N) is 5. The van der Waals surface area contributed by atoms with Crippen LogP contribution in [-0.2, 0) is 24.2 Å². The normalized spacial score (nSPS) is 20.8. The predicted octanol–water partition coefficient (Wildman–Crippen LogP) is 2.49. The van der Waals surface area contributed by atoms with Crippen LogP contribution >= 0.6 is 11.3 Å². The van der Waals surface area contributed by atoms with Gasteiger partial charge >= 0.3 is 5.69 Å². The standard InChI is InChI=1S/C20H25N5O2S/c1-12-5-7-23(8-6-12)16(26)10-25-20(27)24-11-21-19-17(18(24)22-25)14-4-3-13(2)9-15(14)28-19/h11-13H,3-10H2,1-2H3/t13-/m1/s1. The number of thiophene rings is 1. The summed E-state index contributed by atoms with van der Waals surface area (Å²) in [5, 5.41) is 5.58. The largest absolute Gasteiger partial charge is 0.352 e. The summed E-state index contributed by atoms with van der Waals surface area (Å²) >= 11 is 1.72. The van der Waals surface area contributed by atoms with Crippen LogP contribution in [0.15, 0.2) is 11.1 Å². The quantitative estimate of drug-likeness (QED) is 0.664. The van der Waals surface area contributed by atoms with E-state index in [1.165, 1.54) is 19.5 Å². The monoisotopic (exact) mass is 399 g/mol. The number of aromatic nitrogens is 4. The fourth-order valence-corrected chi connectivity index (χ4v) is 5.80. The fraction of sp³-hybridized carbons (Fsp3) is 0.600. The van der Waals surface area contributed by atoms with Crippen molar-refractivity contribution in [1.29, 1.82) is 0 Å². The highest BCUT2D eigenvalue weighted by Gasteiger charge is 2.25. The molecule has 0 N–H and O–H groups in total. The minimum atomic E-state index is -0.285. The molecule has 28 heavy (non-hydrogen) atoms. The first-order valence-electron chi connectivity index (χ1n) is 10.2. The molecule has 3 aromatic rings. The Hall–Kier alpha value is -2.22. The van der Waals surface area contributed by atoms with Crippen molar-refractivity contribution in [3.8, 4) is 0 Å². The average Bonchev–Trinajstić information content (AvgIpc) is 3.19. The first kappa shape index (κ1) is 17.8.